The summed E-state index contributed by atoms with van der Waals surface area (Å²) in [5, 5.41) is 2.35. The molecule has 0 radical (unpaired) electrons. The molecule has 4 aromatic rings. The van der Waals surface area contributed by atoms with Crippen molar-refractivity contribution < 1.29 is 44.5 Å². The molecule has 5 heterocycles. The molecular weight excluding hydrogens is 776 g/mol. The number of halogens is 1. The predicted molar refractivity (Wildman–Crippen MR) is 212 cm³/mol. The molecule has 0 saturated carbocycles. The standard InChI is InChI=1S/C45H39N4O7S.ClH/c50-42-17-18-43(51)49(42)56-45(52)29-19-21-48(22-20-29)57(53,54)41-12-6-5-11-38(41)44-36-15-13-34(46-25-30-7-1-2-8-31(30)26-46)23-39(36)55-40-24-35(14-16-37(40)44)47-27-32-9-3-4-10-33(32)28-47;/h1-16,23-24,29H,17-22,25-28H2;1H/q+1;/p-1. The number of carbonyl (C=O) groups excluding carboxylic acids is 3. The van der Waals surface area contributed by atoms with Gasteiger partial charge in [-0.1, -0.05) is 66.7 Å². The van der Waals surface area contributed by atoms with Gasteiger partial charge in [0.05, 0.1) is 16.9 Å². The van der Waals surface area contributed by atoms with Gasteiger partial charge >= 0.3 is 5.97 Å². The molecular formula is C45H39ClN4O7S. The molecule has 2 saturated heterocycles. The average molecular weight is 815 g/mol. The lowest BCUT2D eigenvalue weighted by atomic mass is 9.93. The van der Waals surface area contributed by atoms with Crippen molar-refractivity contribution in [1.82, 2.24) is 13.9 Å². The number of imide groups is 1. The van der Waals surface area contributed by atoms with E-state index in [1.807, 2.05) is 24.3 Å². The van der Waals surface area contributed by atoms with Crippen molar-refractivity contribution in [3.05, 3.63) is 137 Å². The number of hydrogen-bond donors (Lipinski definition) is 0. The van der Waals surface area contributed by atoms with Gasteiger partial charge in [0.1, 0.15) is 11.3 Å². The van der Waals surface area contributed by atoms with Crippen LogP contribution < -0.4 is 27.2 Å². The van der Waals surface area contributed by atoms with E-state index in [4.69, 9.17) is 9.25 Å². The first-order chi connectivity index (χ1) is 27.7. The van der Waals surface area contributed by atoms with E-state index in [1.165, 1.54) is 26.6 Å². The maximum Gasteiger partial charge on any atom is 0.336 e. The number of piperidine rings is 1. The number of sulfonamides is 1. The van der Waals surface area contributed by atoms with Gasteiger partial charge in [0, 0.05) is 90.0 Å². The van der Waals surface area contributed by atoms with Crippen molar-refractivity contribution in [2.24, 2.45) is 5.92 Å². The van der Waals surface area contributed by atoms with Crippen LogP contribution >= 0.6 is 0 Å². The van der Waals surface area contributed by atoms with Crippen LogP contribution in [0.15, 0.2) is 119 Å². The first-order valence-corrected chi connectivity index (χ1v) is 20.8. The van der Waals surface area contributed by atoms with Gasteiger partial charge in [0.2, 0.25) is 15.4 Å². The van der Waals surface area contributed by atoms with Gasteiger partial charge < -0.3 is 26.6 Å². The lowest BCUT2D eigenvalue weighted by Gasteiger charge is -2.31. The third-order valence-corrected chi connectivity index (χ3v) is 13.8. The molecule has 1 aliphatic carbocycles. The monoisotopic (exact) mass is 814 g/mol. The lowest BCUT2D eigenvalue weighted by molar-refractivity contribution is -0.201. The molecule has 10 rings (SSSR count). The zero-order valence-electron chi connectivity index (χ0n) is 31.5. The lowest BCUT2D eigenvalue weighted by Crippen LogP contribution is -3.00. The van der Waals surface area contributed by atoms with E-state index in [2.05, 4.69) is 82.3 Å². The maximum atomic E-state index is 14.6. The Morgan fingerprint density at radius 3 is 2.02 bits per heavy atom. The second-order valence-electron chi connectivity index (χ2n) is 15.3. The highest BCUT2D eigenvalue weighted by atomic mass is 35.5. The molecule has 2 fully saturated rings. The Morgan fingerprint density at radius 2 is 1.34 bits per heavy atom. The van der Waals surface area contributed by atoms with Gasteiger partial charge in [-0.2, -0.15) is 4.31 Å². The molecule has 13 heteroatoms. The van der Waals surface area contributed by atoms with Gasteiger partial charge in [-0.15, -0.1) is 5.06 Å². The third kappa shape index (κ3) is 6.54. The van der Waals surface area contributed by atoms with Gasteiger partial charge in [-0.3, -0.25) is 9.59 Å². The average Bonchev–Trinajstić information content (AvgIpc) is 3.96. The summed E-state index contributed by atoms with van der Waals surface area (Å²) < 4.78 is 39.8. The summed E-state index contributed by atoms with van der Waals surface area (Å²) >= 11 is 0. The fourth-order valence-electron chi connectivity index (χ4n) is 8.77. The van der Waals surface area contributed by atoms with E-state index in [9.17, 15) is 22.8 Å². The number of hydroxylamine groups is 2. The van der Waals surface area contributed by atoms with Crippen LogP contribution in [0.4, 0.5) is 5.69 Å². The predicted octanol–water partition coefficient (Wildman–Crippen LogP) is 3.22. The van der Waals surface area contributed by atoms with Crippen molar-refractivity contribution >= 4 is 44.5 Å². The molecule has 6 aliphatic rings. The Kier molecular flexibility index (Phi) is 9.66. The Hall–Kier alpha value is -5.82. The van der Waals surface area contributed by atoms with Gasteiger partial charge in [-0.05, 0) is 48.2 Å². The molecule has 0 unspecified atom stereocenters. The van der Waals surface area contributed by atoms with Crippen molar-refractivity contribution in [2.45, 2.75) is 56.8 Å². The summed E-state index contributed by atoms with van der Waals surface area (Å²) in [6, 6.07) is 36.3. The van der Waals surface area contributed by atoms with Crippen molar-refractivity contribution in [3.63, 3.8) is 0 Å². The number of benzene rings is 5. The van der Waals surface area contributed by atoms with E-state index in [1.54, 1.807) is 12.1 Å². The van der Waals surface area contributed by atoms with Gasteiger partial charge in [0.25, 0.3) is 11.8 Å². The number of carbonyl (C=O) groups is 3. The highest BCUT2D eigenvalue weighted by Crippen LogP contribution is 2.44. The molecule has 58 heavy (non-hydrogen) atoms. The minimum atomic E-state index is -4.06. The Balaban J connectivity index is 0.00000436. The van der Waals surface area contributed by atoms with E-state index in [0.29, 0.717) is 22.0 Å². The van der Waals surface area contributed by atoms with Crippen molar-refractivity contribution in [1.29, 1.82) is 0 Å². The van der Waals surface area contributed by atoms with Gasteiger partial charge in [-0.25, -0.2) is 17.8 Å². The molecule has 4 aromatic carbocycles. The van der Waals surface area contributed by atoms with Crippen LogP contribution in [0.5, 0.6) is 0 Å². The molecule has 0 aromatic heterocycles. The maximum absolute atomic E-state index is 14.6. The molecule has 11 nitrogen and oxygen atoms in total. The fourth-order valence-corrected chi connectivity index (χ4v) is 10.4. The van der Waals surface area contributed by atoms with E-state index < -0.39 is 33.7 Å². The zero-order chi connectivity index (χ0) is 38.8. The summed E-state index contributed by atoms with van der Waals surface area (Å²) in [6.07, 6.45) is 0.397. The Bertz CT molecular complexity index is 2740. The largest absolute Gasteiger partial charge is 1.00 e. The zero-order valence-corrected chi connectivity index (χ0v) is 33.0. The second-order valence-corrected chi connectivity index (χ2v) is 17.2. The van der Waals surface area contributed by atoms with E-state index in [0.717, 1.165) is 53.7 Å². The first-order valence-electron chi connectivity index (χ1n) is 19.4. The number of fused-ring (bicyclic) bond motifs is 4. The van der Waals surface area contributed by atoms with Crippen LogP contribution in [0.3, 0.4) is 0 Å². The van der Waals surface area contributed by atoms with Crippen LogP contribution in [-0.2, 0) is 55.4 Å². The summed E-state index contributed by atoms with van der Waals surface area (Å²) in [5.74, 6) is -1.79. The van der Waals surface area contributed by atoms with Crippen molar-refractivity contribution in [2.75, 3.05) is 18.0 Å². The third-order valence-electron chi connectivity index (χ3n) is 11.8. The highest BCUT2D eigenvalue weighted by molar-refractivity contribution is 7.89. The molecule has 0 spiro atoms. The quantitative estimate of drug-likeness (QED) is 0.143. The van der Waals surface area contributed by atoms with Crippen LogP contribution in [-0.4, -0.2) is 48.7 Å². The molecule has 0 atom stereocenters. The van der Waals surface area contributed by atoms with E-state index >= 15 is 0 Å². The minimum Gasteiger partial charge on any atom is -1.00 e. The molecule has 0 N–H and O–H groups in total. The first kappa shape index (κ1) is 37.7. The number of rotatable bonds is 6. The van der Waals surface area contributed by atoms with Crippen LogP contribution in [0.25, 0.3) is 33.4 Å². The van der Waals surface area contributed by atoms with Crippen LogP contribution in [0.2, 0.25) is 0 Å². The Labute approximate surface area is 341 Å². The highest BCUT2D eigenvalue weighted by Gasteiger charge is 2.39. The Morgan fingerprint density at radius 1 is 0.724 bits per heavy atom. The summed E-state index contributed by atoms with van der Waals surface area (Å²) in [4.78, 5) is 44.6. The normalized spacial score (nSPS) is 17.2. The second kappa shape index (κ2) is 14.8. The summed E-state index contributed by atoms with van der Waals surface area (Å²) in [5.41, 5.74) is 8.94. The fraction of sp³-hybridized carbons (Fsp3) is 0.244. The smallest absolute Gasteiger partial charge is 0.336 e. The molecule has 294 valence electrons. The topological polar surface area (TPSA) is 120 Å². The number of anilines is 1. The minimum absolute atomic E-state index is 0. The van der Waals surface area contributed by atoms with Gasteiger partial charge in [0.15, 0.2) is 13.1 Å². The molecule has 2 amide bonds. The summed E-state index contributed by atoms with van der Waals surface area (Å²) in [7, 11) is -4.06. The van der Waals surface area contributed by atoms with Crippen LogP contribution in [0.1, 0.15) is 47.9 Å². The molecule has 5 aliphatic heterocycles. The number of amides is 2. The molecule has 0 bridgehead atoms. The SMILES string of the molecule is O=C(ON1C(=O)CCC1=O)C1CCN(S(=O)(=O)c2ccccc2-c2c3ccc(=[N+]4Cc5ccccc5C4)cc-3oc3cc(N4Cc5ccccc5C4)ccc23)CC1.[Cl-]. The van der Waals surface area contributed by atoms with Crippen LogP contribution in [0, 0.1) is 5.92 Å². The van der Waals surface area contributed by atoms with Crippen molar-refractivity contribution in [3.8, 4) is 22.5 Å². The number of nitrogens with zero attached hydrogens (tertiary/aromatic N) is 4. The van der Waals surface area contributed by atoms with E-state index in [-0.39, 0.29) is 56.1 Å². The summed E-state index contributed by atoms with van der Waals surface area (Å²) in [6.45, 7) is 3.29. The number of hydrogen-bond acceptors (Lipinski definition) is 8.